The van der Waals surface area contributed by atoms with Gasteiger partial charge in [0, 0.05) is 11.1 Å². The first-order valence-corrected chi connectivity index (χ1v) is 6.53. The van der Waals surface area contributed by atoms with Gasteiger partial charge in [0.15, 0.2) is 0 Å². The third kappa shape index (κ3) is 3.16. The van der Waals surface area contributed by atoms with Gasteiger partial charge in [-0.05, 0) is 40.8 Å². The van der Waals surface area contributed by atoms with Gasteiger partial charge in [-0.1, -0.05) is 17.8 Å². The molecule has 0 saturated carbocycles. The third-order valence-electron chi connectivity index (χ3n) is 1.93. The van der Waals surface area contributed by atoms with Crippen LogP contribution in [-0.4, -0.2) is 21.0 Å². The molecule has 1 aromatic carbocycles. The summed E-state index contributed by atoms with van der Waals surface area (Å²) >= 11 is 3.57. The molecule has 2 rings (SSSR count). The molecule has 0 aliphatic heterocycles. The maximum Gasteiger partial charge on any atom is 0.335 e. The summed E-state index contributed by atoms with van der Waals surface area (Å²) in [5, 5.41) is 9.72. The first-order chi connectivity index (χ1) is 8.16. The van der Waals surface area contributed by atoms with Gasteiger partial charge in [0.1, 0.15) is 11.4 Å². The van der Waals surface area contributed by atoms with Gasteiger partial charge in [0.2, 0.25) is 0 Å². The molecular weight excluding hydrogens is 351 g/mol. The van der Waals surface area contributed by atoms with E-state index >= 15 is 0 Å². The van der Waals surface area contributed by atoms with Crippen molar-refractivity contribution in [3.05, 3.63) is 45.9 Å². The molecule has 0 aliphatic carbocycles. The standard InChI is InChI=1S/C11H7IN2O2S/c12-9-5-13-6-14-10(9)17-8-3-1-2-7(4-8)11(15)16/h1-6H,(H,15,16). The SMILES string of the molecule is O=C(O)c1cccc(Sc2ncncc2I)c1. The topological polar surface area (TPSA) is 63.1 Å². The zero-order valence-corrected chi connectivity index (χ0v) is 11.5. The summed E-state index contributed by atoms with van der Waals surface area (Å²) in [4.78, 5) is 19.7. The molecule has 0 unspecified atom stereocenters. The second-order valence-electron chi connectivity index (χ2n) is 3.11. The Kier molecular flexibility index (Phi) is 3.95. The summed E-state index contributed by atoms with van der Waals surface area (Å²) in [6, 6.07) is 6.78. The molecule has 0 radical (unpaired) electrons. The quantitative estimate of drug-likeness (QED) is 0.675. The number of benzene rings is 1. The third-order valence-corrected chi connectivity index (χ3v) is 4.09. The van der Waals surface area contributed by atoms with Crippen molar-refractivity contribution in [3.8, 4) is 0 Å². The van der Waals surface area contributed by atoms with E-state index in [-0.39, 0.29) is 5.56 Å². The van der Waals surface area contributed by atoms with Crippen molar-refractivity contribution in [3.63, 3.8) is 0 Å². The molecule has 0 atom stereocenters. The van der Waals surface area contributed by atoms with Crippen LogP contribution in [0.1, 0.15) is 10.4 Å². The Morgan fingerprint density at radius 2 is 2.24 bits per heavy atom. The Morgan fingerprint density at radius 1 is 1.41 bits per heavy atom. The van der Waals surface area contributed by atoms with E-state index in [9.17, 15) is 4.79 Å². The van der Waals surface area contributed by atoms with E-state index in [2.05, 4.69) is 32.6 Å². The van der Waals surface area contributed by atoms with Gasteiger partial charge in [-0.15, -0.1) is 0 Å². The number of aromatic nitrogens is 2. The Balaban J connectivity index is 2.28. The van der Waals surface area contributed by atoms with E-state index in [1.807, 2.05) is 6.07 Å². The van der Waals surface area contributed by atoms with Crippen LogP contribution >= 0.6 is 34.4 Å². The van der Waals surface area contributed by atoms with Crippen LogP contribution in [0.15, 0.2) is 46.7 Å². The Bertz CT molecular complexity index is 563. The molecule has 17 heavy (non-hydrogen) atoms. The van der Waals surface area contributed by atoms with Gasteiger partial charge in [-0.2, -0.15) is 0 Å². The normalized spacial score (nSPS) is 10.2. The van der Waals surface area contributed by atoms with E-state index < -0.39 is 5.97 Å². The molecular formula is C11H7IN2O2S. The monoisotopic (exact) mass is 358 g/mol. The fourth-order valence-corrected chi connectivity index (χ4v) is 2.62. The fraction of sp³-hybridized carbons (Fsp3) is 0. The predicted molar refractivity (Wildman–Crippen MR) is 72.3 cm³/mol. The molecule has 0 bridgehead atoms. The fourth-order valence-electron chi connectivity index (χ4n) is 1.18. The zero-order valence-electron chi connectivity index (χ0n) is 8.50. The highest BCUT2D eigenvalue weighted by molar-refractivity contribution is 14.1. The Morgan fingerprint density at radius 3 is 2.94 bits per heavy atom. The summed E-state index contributed by atoms with van der Waals surface area (Å²) in [7, 11) is 0. The molecule has 1 aromatic heterocycles. The van der Waals surface area contributed by atoms with E-state index in [4.69, 9.17) is 5.11 Å². The minimum Gasteiger partial charge on any atom is -0.478 e. The molecule has 0 spiro atoms. The minimum atomic E-state index is -0.926. The highest BCUT2D eigenvalue weighted by Gasteiger charge is 2.07. The first-order valence-electron chi connectivity index (χ1n) is 4.63. The predicted octanol–water partition coefficient (Wildman–Crippen LogP) is 2.93. The lowest BCUT2D eigenvalue weighted by Crippen LogP contribution is -1.95. The van der Waals surface area contributed by atoms with Gasteiger partial charge >= 0.3 is 5.97 Å². The number of nitrogens with zero attached hydrogens (tertiary/aromatic N) is 2. The van der Waals surface area contributed by atoms with Crippen LogP contribution in [0.4, 0.5) is 0 Å². The van der Waals surface area contributed by atoms with Gasteiger partial charge in [-0.3, -0.25) is 0 Å². The second kappa shape index (κ2) is 5.46. The number of aromatic carboxylic acids is 1. The highest BCUT2D eigenvalue weighted by atomic mass is 127. The van der Waals surface area contributed by atoms with Crippen LogP contribution in [-0.2, 0) is 0 Å². The molecule has 1 heterocycles. The van der Waals surface area contributed by atoms with Crippen LogP contribution in [0.5, 0.6) is 0 Å². The van der Waals surface area contributed by atoms with Crippen molar-refractivity contribution in [2.45, 2.75) is 9.92 Å². The van der Waals surface area contributed by atoms with Crippen LogP contribution in [0.25, 0.3) is 0 Å². The lowest BCUT2D eigenvalue weighted by atomic mass is 10.2. The number of halogens is 1. The van der Waals surface area contributed by atoms with Gasteiger partial charge in [-0.25, -0.2) is 14.8 Å². The maximum atomic E-state index is 10.8. The number of carboxylic acids is 1. The lowest BCUT2D eigenvalue weighted by Gasteiger charge is -2.03. The molecule has 0 saturated heterocycles. The summed E-state index contributed by atoms with van der Waals surface area (Å²) in [6.45, 7) is 0. The summed E-state index contributed by atoms with van der Waals surface area (Å²) in [5.74, 6) is -0.926. The Hall–Kier alpha value is -1.15. The molecule has 0 amide bonds. The minimum absolute atomic E-state index is 0.277. The van der Waals surface area contributed by atoms with Crippen LogP contribution in [0.3, 0.4) is 0 Å². The molecule has 0 aliphatic rings. The average molecular weight is 358 g/mol. The molecule has 6 heteroatoms. The van der Waals surface area contributed by atoms with Crippen molar-refractivity contribution >= 4 is 40.3 Å². The Labute approximate surface area is 116 Å². The van der Waals surface area contributed by atoms with Crippen LogP contribution in [0, 0.1) is 3.57 Å². The van der Waals surface area contributed by atoms with E-state index in [1.165, 1.54) is 18.1 Å². The molecule has 0 fully saturated rings. The number of rotatable bonds is 3. The summed E-state index contributed by atoms with van der Waals surface area (Å²) in [5.41, 5.74) is 0.277. The van der Waals surface area contributed by atoms with Crippen molar-refractivity contribution in [2.75, 3.05) is 0 Å². The van der Waals surface area contributed by atoms with Crippen molar-refractivity contribution in [2.24, 2.45) is 0 Å². The highest BCUT2D eigenvalue weighted by Crippen LogP contribution is 2.29. The van der Waals surface area contributed by atoms with Crippen LogP contribution < -0.4 is 0 Å². The average Bonchev–Trinajstić information content (AvgIpc) is 2.32. The number of hydrogen-bond acceptors (Lipinski definition) is 4. The van der Waals surface area contributed by atoms with Gasteiger partial charge in [0.25, 0.3) is 0 Å². The van der Waals surface area contributed by atoms with Crippen LogP contribution in [0.2, 0.25) is 0 Å². The summed E-state index contributed by atoms with van der Waals surface area (Å²) < 4.78 is 0.941. The summed E-state index contributed by atoms with van der Waals surface area (Å²) in [6.07, 6.45) is 3.20. The van der Waals surface area contributed by atoms with Crippen molar-refractivity contribution < 1.29 is 9.90 Å². The van der Waals surface area contributed by atoms with Crippen molar-refractivity contribution in [1.82, 2.24) is 9.97 Å². The number of hydrogen-bond donors (Lipinski definition) is 1. The smallest absolute Gasteiger partial charge is 0.335 e. The molecule has 2 aromatic rings. The van der Waals surface area contributed by atoms with E-state index in [0.29, 0.717) is 0 Å². The number of carbonyl (C=O) groups is 1. The molecule has 1 N–H and O–H groups in total. The molecule has 86 valence electrons. The van der Waals surface area contributed by atoms with E-state index in [0.717, 1.165) is 13.5 Å². The van der Waals surface area contributed by atoms with Gasteiger partial charge < -0.3 is 5.11 Å². The molecule has 4 nitrogen and oxygen atoms in total. The first kappa shape index (κ1) is 12.3. The maximum absolute atomic E-state index is 10.8. The lowest BCUT2D eigenvalue weighted by molar-refractivity contribution is 0.0696. The van der Waals surface area contributed by atoms with Gasteiger partial charge in [0.05, 0.1) is 9.13 Å². The number of carboxylic acid groups (broad SMARTS) is 1. The zero-order chi connectivity index (χ0) is 12.3. The van der Waals surface area contributed by atoms with Crippen molar-refractivity contribution in [1.29, 1.82) is 0 Å². The van der Waals surface area contributed by atoms with E-state index in [1.54, 1.807) is 24.4 Å². The second-order valence-corrected chi connectivity index (χ2v) is 5.34. The largest absolute Gasteiger partial charge is 0.478 e.